The number of hydrogen-bond acceptors (Lipinski definition) is 3. The van der Waals surface area contributed by atoms with Gasteiger partial charge in [-0.2, -0.15) is 0 Å². The van der Waals surface area contributed by atoms with Crippen molar-refractivity contribution in [3.63, 3.8) is 0 Å². The van der Waals surface area contributed by atoms with Gasteiger partial charge in [-0.15, -0.1) is 23.5 Å². The van der Waals surface area contributed by atoms with E-state index in [0.717, 1.165) is 5.75 Å². The van der Waals surface area contributed by atoms with Crippen LogP contribution in [0.2, 0.25) is 0 Å². The van der Waals surface area contributed by atoms with Gasteiger partial charge in [0.05, 0.1) is 11.7 Å². The fourth-order valence-corrected chi connectivity index (χ4v) is 5.36. The topological polar surface area (TPSA) is 9.23 Å². The summed E-state index contributed by atoms with van der Waals surface area (Å²) in [6.07, 6.45) is 0. The van der Waals surface area contributed by atoms with Gasteiger partial charge < -0.3 is 4.74 Å². The first-order chi connectivity index (χ1) is 8.61. The van der Waals surface area contributed by atoms with E-state index in [9.17, 15) is 0 Å². The van der Waals surface area contributed by atoms with Crippen molar-refractivity contribution in [2.45, 2.75) is 55.6 Å². The van der Waals surface area contributed by atoms with E-state index in [1.165, 1.54) is 5.56 Å². The van der Waals surface area contributed by atoms with E-state index >= 15 is 0 Å². The van der Waals surface area contributed by atoms with Crippen LogP contribution in [-0.2, 0) is 0 Å². The molecule has 0 saturated carbocycles. The molecule has 0 spiro atoms. The fourth-order valence-electron chi connectivity index (χ4n) is 1.56. The molecule has 0 amide bonds. The van der Waals surface area contributed by atoms with E-state index in [0.29, 0.717) is 4.58 Å². The lowest BCUT2D eigenvalue weighted by Crippen LogP contribution is -2.15. The Morgan fingerprint density at radius 2 is 1.26 bits per heavy atom. The lowest BCUT2D eigenvalue weighted by atomic mass is 10.2. The SMILES string of the molecule is COc1ccc(C(SC(C)(C)C)SC(C)(C)C)cc1. The third-order valence-electron chi connectivity index (χ3n) is 2.31. The van der Waals surface area contributed by atoms with Crippen molar-refractivity contribution in [3.8, 4) is 5.75 Å². The minimum atomic E-state index is 0.253. The molecule has 0 aliphatic carbocycles. The largest absolute Gasteiger partial charge is 0.497 e. The van der Waals surface area contributed by atoms with Crippen LogP contribution in [0.25, 0.3) is 0 Å². The second kappa shape index (κ2) is 6.45. The molecule has 0 heterocycles. The van der Waals surface area contributed by atoms with Gasteiger partial charge in [-0.3, -0.25) is 0 Å². The number of rotatable bonds is 4. The maximum absolute atomic E-state index is 5.24. The second-order valence-electron chi connectivity index (χ2n) is 6.57. The van der Waals surface area contributed by atoms with E-state index in [1.807, 2.05) is 23.5 Å². The van der Waals surface area contributed by atoms with Crippen LogP contribution in [0.1, 0.15) is 51.7 Å². The predicted octanol–water partition coefficient (Wildman–Crippen LogP) is 5.76. The molecule has 0 saturated heterocycles. The van der Waals surface area contributed by atoms with Crippen LogP contribution in [0.3, 0.4) is 0 Å². The van der Waals surface area contributed by atoms with Crippen molar-refractivity contribution in [1.29, 1.82) is 0 Å². The van der Waals surface area contributed by atoms with Crippen molar-refractivity contribution < 1.29 is 4.74 Å². The highest BCUT2D eigenvalue weighted by molar-refractivity contribution is 8.17. The summed E-state index contributed by atoms with van der Waals surface area (Å²) in [5.41, 5.74) is 1.36. The fraction of sp³-hybridized carbons (Fsp3) is 0.625. The Kier molecular flexibility index (Phi) is 5.69. The van der Waals surface area contributed by atoms with Crippen molar-refractivity contribution in [2.24, 2.45) is 0 Å². The molecule has 19 heavy (non-hydrogen) atoms. The molecule has 0 aliphatic heterocycles. The van der Waals surface area contributed by atoms with Crippen LogP contribution >= 0.6 is 23.5 Å². The minimum Gasteiger partial charge on any atom is -0.497 e. The summed E-state index contributed by atoms with van der Waals surface area (Å²) in [7, 11) is 1.71. The molecule has 1 nitrogen and oxygen atoms in total. The number of thioether (sulfide) groups is 2. The third-order valence-corrected chi connectivity index (χ3v) is 5.27. The van der Waals surface area contributed by atoms with Crippen molar-refractivity contribution in [3.05, 3.63) is 29.8 Å². The highest BCUT2D eigenvalue weighted by atomic mass is 32.2. The first-order valence-corrected chi connectivity index (χ1v) is 8.36. The quantitative estimate of drug-likeness (QED) is 0.654. The average molecular weight is 299 g/mol. The molecule has 0 radical (unpaired) electrons. The monoisotopic (exact) mass is 298 g/mol. The number of ether oxygens (including phenoxy) is 1. The van der Waals surface area contributed by atoms with Crippen molar-refractivity contribution in [1.82, 2.24) is 0 Å². The summed E-state index contributed by atoms with van der Waals surface area (Å²) < 4.78 is 6.19. The van der Waals surface area contributed by atoms with Gasteiger partial charge in [-0.25, -0.2) is 0 Å². The normalized spacial score (nSPS) is 12.8. The zero-order chi connectivity index (χ0) is 14.7. The molecule has 3 heteroatoms. The van der Waals surface area contributed by atoms with Crippen LogP contribution in [0.15, 0.2) is 24.3 Å². The maximum atomic E-state index is 5.24. The summed E-state index contributed by atoms with van der Waals surface area (Å²) >= 11 is 4.03. The van der Waals surface area contributed by atoms with Crippen LogP contribution in [-0.4, -0.2) is 16.6 Å². The van der Waals surface area contributed by atoms with E-state index in [4.69, 9.17) is 4.74 Å². The predicted molar refractivity (Wildman–Crippen MR) is 90.4 cm³/mol. The molecule has 108 valence electrons. The highest BCUT2D eigenvalue weighted by Gasteiger charge is 2.26. The number of benzene rings is 1. The van der Waals surface area contributed by atoms with Gasteiger partial charge in [0.15, 0.2) is 0 Å². The van der Waals surface area contributed by atoms with Crippen LogP contribution in [0.4, 0.5) is 0 Å². The molecule has 0 fully saturated rings. The number of hydrogen-bond donors (Lipinski definition) is 0. The van der Waals surface area contributed by atoms with E-state index in [1.54, 1.807) is 7.11 Å². The molecule has 0 N–H and O–H groups in total. The Bertz CT molecular complexity index is 369. The Labute approximate surface area is 126 Å². The molecule has 1 rings (SSSR count). The lowest BCUT2D eigenvalue weighted by molar-refractivity contribution is 0.414. The van der Waals surface area contributed by atoms with Crippen LogP contribution < -0.4 is 4.74 Å². The van der Waals surface area contributed by atoms with Crippen LogP contribution in [0, 0.1) is 0 Å². The molecule has 0 aliphatic rings. The van der Waals surface area contributed by atoms with Crippen LogP contribution in [0.5, 0.6) is 5.75 Å². The third kappa shape index (κ3) is 6.62. The van der Waals surface area contributed by atoms with Gasteiger partial charge in [0.2, 0.25) is 0 Å². The van der Waals surface area contributed by atoms with Gasteiger partial charge >= 0.3 is 0 Å². The highest BCUT2D eigenvalue weighted by Crippen LogP contribution is 2.50. The smallest absolute Gasteiger partial charge is 0.118 e. The molecule has 0 unspecified atom stereocenters. The zero-order valence-electron chi connectivity index (χ0n) is 13.1. The lowest BCUT2D eigenvalue weighted by Gasteiger charge is -2.30. The minimum absolute atomic E-state index is 0.253. The summed E-state index contributed by atoms with van der Waals surface area (Å²) in [5.74, 6) is 0.920. The summed E-state index contributed by atoms with van der Waals surface area (Å²) in [4.78, 5) is 0. The molecule has 0 bridgehead atoms. The van der Waals surface area contributed by atoms with E-state index in [2.05, 4.69) is 65.8 Å². The Hall–Kier alpha value is -0.280. The molecular weight excluding hydrogens is 272 g/mol. The Morgan fingerprint density at radius 3 is 1.58 bits per heavy atom. The zero-order valence-corrected chi connectivity index (χ0v) is 14.7. The Balaban J connectivity index is 2.94. The summed E-state index contributed by atoms with van der Waals surface area (Å²) in [5, 5.41) is 0. The van der Waals surface area contributed by atoms with Crippen molar-refractivity contribution >= 4 is 23.5 Å². The molecule has 0 aromatic heterocycles. The van der Waals surface area contributed by atoms with Gasteiger partial charge in [-0.1, -0.05) is 53.7 Å². The maximum Gasteiger partial charge on any atom is 0.118 e. The second-order valence-corrected chi connectivity index (χ2v) is 10.7. The van der Waals surface area contributed by atoms with E-state index < -0.39 is 0 Å². The molecular formula is C16H26OS2. The average Bonchev–Trinajstić information content (AvgIpc) is 2.24. The molecule has 1 aromatic rings. The summed E-state index contributed by atoms with van der Waals surface area (Å²) in [6.45, 7) is 13.7. The number of methoxy groups -OCH3 is 1. The first kappa shape index (κ1) is 16.8. The summed E-state index contributed by atoms with van der Waals surface area (Å²) in [6, 6.07) is 8.46. The van der Waals surface area contributed by atoms with Gasteiger partial charge in [0.25, 0.3) is 0 Å². The molecule has 0 atom stereocenters. The molecule has 1 aromatic carbocycles. The standard InChI is InChI=1S/C16H26OS2/c1-15(2,3)18-14(19-16(4,5)6)12-8-10-13(17-7)11-9-12/h8-11,14H,1-7H3. The van der Waals surface area contributed by atoms with Gasteiger partial charge in [-0.05, 0) is 17.7 Å². The first-order valence-electron chi connectivity index (χ1n) is 6.60. The van der Waals surface area contributed by atoms with Gasteiger partial charge in [0, 0.05) is 9.49 Å². The van der Waals surface area contributed by atoms with E-state index in [-0.39, 0.29) is 9.49 Å². The Morgan fingerprint density at radius 1 is 0.842 bits per heavy atom. The van der Waals surface area contributed by atoms with Gasteiger partial charge in [0.1, 0.15) is 5.75 Å². The van der Waals surface area contributed by atoms with Crippen molar-refractivity contribution in [2.75, 3.05) is 7.11 Å².